The molecule has 1 aromatic carbocycles. The predicted molar refractivity (Wildman–Crippen MR) is 61.3 cm³/mol. The van der Waals surface area contributed by atoms with Crippen molar-refractivity contribution in [2.45, 2.75) is 6.61 Å². The fourth-order valence-electron chi connectivity index (χ4n) is 1.51. The van der Waals surface area contributed by atoms with Crippen LogP contribution in [0.5, 0.6) is 5.75 Å². The summed E-state index contributed by atoms with van der Waals surface area (Å²) in [5.41, 5.74) is 0.184. The molecule has 6 heteroatoms. The van der Waals surface area contributed by atoms with Gasteiger partial charge in [-0.1, -0.05) is 17.7 Å². The molecule has 0 saturated heterocycles. The first-order valence-corrected chi connectivity index (χ1v) is 5.30. The lowest BCUT2D eigenvalue weighted by atomic mass is 10.1. The van der Waals surface area contributed by atoms with Crippen molar-refractivity contribution in [1.82, 2.24) is 4.98 Å². The molecule has 1 heterocycles. The summed E-state index contributed by atoms with van der Waals surface area (Å²) in [7, 11) is 0. The van der Waals surface area contributed by atoms with Crippen molar-refractivity contribution in [3.63, 3.8) is 0 Å². The Morgan fingerprint density at radius 3 is 2.61 bits per heavy atom. The first-order chi connectivity index (χ1) is 8.59. The topological polar surface area (TPSA) is 22.1 Å². The summed E-state index contributed by atoms with van der Waals surface area (Å²) in [4.78, 5) is 3.80. The van der Waals surface area contributed by atoms with Gasteiger partial charge >= 0.3 is 6.61 Å². The molecular weight excluding hydrogens is 267 g/mol. The predicted octanol–water partition coefficient (Wildman–Crippen LogP) is 4.14. The van der Waals surface area contributed by atoms with Crippen LogP contribution < -0.4 is 4.74 Å². The molecule has 94 valence electrons. The van der Waals surface area contributed by atoms with Gasteiger partial charge in [0.1, 0.15) is 5.75 Å². The third kappa shape index (κ3) is 2.56. The van der Waals surface area contributed by atoms with E-state index in [0.29, 0.717) is 5.56 Å². The molecule has 0 bridgehead atoms. The van der Waals surface area contributed by atoms with E-state index in [1.54, 1.807) is 6.07 Å². The van der Waals surface area contributed by atoms with Crippen LogP contribution in [0, 0.1) is 5.82 Å². The van der Waals surface area contributed by atoms with Gasteiger partial charge in [0, 0.05) is 18.0 Å². The number of ether oxygens (including phenoxy) is 1. The van der Waals surface area contributed by atoms with Crippen LogP contribution in [0.1, 0.15) is 0 Å². The van der Waals surface area contributed by atoms with Crippen LogP contribution in [0.25, 0.3) is 11.1 Å². The summed E-state index contributed by atoms with van der Waals surface area (Å²) in [6, 6.07) is 5.44. The number of nitrogens with zero attached hydrogens (tertiary/aromatic N) is 1. The smallest absolute Gasteiger partial charge is 0.387 e. The monoisotopic (exact) mass is 273 g/mol. The van der Waals surface area contributed by atoms with Crippen molar-refractivity contribution in [3.05, 3.63) is 47.5 Å². The Bertz CT molecular complexity index is 549. The Balaban J connectivity index is 2.59. The molecule has 18 heavy (non-hydrogen) atoms. The van der Waals surface area contributed by atoms with Gasteiger partial charge in [-0.25, -0.2) is 4.39 Å². The third-order valence-electron chi connectivity index (χ3n) is 2.22. The lowest BCUT2D eigenvalue weighted by Gasteiger charge is -2.12. The highest BCUT2D eigenvalue weighted by atomic mass is 35.5. The minimum absolute atomic E-state index is 0.129. The molecule has 0 spiro atoms. The van der Waals surface area contributed by atoms with Crippen LogP contribution in [0.15, 0.2) is 36.7 Å². The van der Waals surface area contributed by atoms with Crippen molar-refractivity contribution in [1.29, 1.82) is 0 Å². The molecule has 0 aliphatic carbocycles. The Labute approximate surface area is 106 Å². The molecule has 0 unspecified atom stereocenters. The maximum atomic E-state index is 13.9. The van der Waals surface area contributed by atoms with E-state index in [1.165, 1.54) is 24.5 Å². The van der Waals surface area contributed by atoms with Crippen molar-refractivity contribution < 1.29 is 17.9 Å². The van der Waals surface area contributed by atoms with Crippen molar-refractivity contribution in [2.24, 2.45) is 0 Å². The van der Waals surface area contributed by atoms with Crippen molar-refractivity contribution in [2.75, 3.05) is 0 Å². The Morgan fingerprint density at radius 2 is 2.00 bits per heavy atom. The second kappa shape index (κ2) is 5.27. The Kier molecular flexibility index (Phi) is 3.72. The van der Waals surface area contributed by atoms with Crippen molar-refractivity contribution >= 4 is 11.6 Å². The molecule has 0 aliphatic heterocycles. The fourth-order valence-corrected chi connectivity index (χ4v) is 1.66. The van der Waals surface area contributed by atoms with Crippen LogP contribution in [-0.4, -0.2) is 11.6 Å². The molecule has 2 aromatic rings. The Morgan fingerprint density at radius 1 is 1.22 bits per heavy atom. The van der Waals surface area contributed by atoms with E-state index in [2.05, 4.69) is 9.72 Å². The maximum absolute atomic E-state index is 13.9. The molecule has 0 radical (unpaired) electrons. The average molecular weight is 274 g/mol. The molecule has 0 amide bonds. The number of pyridine rings is 1. The highest BCUT2D eigenvalue weighted by Gasteiger charge is 2.18. The SMILES string of the molecule is Fc1c(Cl)ccc(OC(F)F)c1-c1cccnc1. The minimum Gasteiger partial charge on any atom is -0.434 e. The van der Waals surface area contributed by atoms with E-state index >= 15 is 0 Å². The second-order valence-corrected chi connectivity index (χ2v) is 3.76. The van der Waals surface area contributed by atoms with Gasteiger partial charge in [0.15, 0.2) is 5.82 Å². The lowest BCUT2D eigenvalue weighted by molar-refractivity contribution is -0.0495. The lowest BCUT2D eigenvalue weighted by Crippen LogP contribution is -2.04. The number of hydrogen-bond donors (Lipinski definition) is 0. The third-order valence-corrected chi connectivity index (χ3v) is 2.51. The number of hydrogen-bond acceptors (Lipinski definition) is 2. The van der Waals surface area contributed by atoms with Gasteiger partial charge in [0.25, 0.3) is 0 Å². The molecule has 0 atom stereocenters. The van der Waals surface area contributed by atoms with Crippen molar-refractivity contribution in [3.8, 4) is 16.9 Å². The Hall–Kier alpha value is -1.75. The normalized spacial score (nSPS) is 10.7. The molecular formula is C12H7ClF3NO. The first-order valence-electron chi connectivity index (χ1n) is 4.93. The minimum atomic E-state index is -3.04. The molecule has 0 aliphatic rings. The average Bonchev–Trinajstić information content (AvgIpc) is 2.35. The van der Waals surface area contributed by atoms with Gasteiger partial charge in [0.2, 0.25) is 0 Å². The van der Waals surface area contributed by atoms with Gasteiger partial charge in [-0.05, 0) is 18.2 Å². The van der Waals surface area contributed by atoms with E-state index in [-0.39, 0.29) is 16.3 Å². The van der Waals surface area contributed by atoms with E-state index < -0.39 is 12.4 Å². The first kappa shape index (κ1) is 12.7. The number of benzene rings is 1. The molecule has 0 saturated carbocycles. The van der Waals surface area contributed by atoms with Crippen LogP contribution >= 0.6 is 11.6 Å². The summed E-state index contributed by atoms with van der Waals surface area (Å²) in [6.45, 7) is -3.04. The summed E-state index contributed by atoms with van der Waals surface area (Å²) in [6.07, 6.45) is 2.83. The standard InChI is InChI=1S/C12H7ClF3NO/c13-8-3-4-9(18-12(15)16)10(11(8)14)7-2-1-5-17-6-7/h1-6,12H. The molecule has 0 fully saturated rings. The largest absolute Gasteiger partial charge is 0.434 e. The number of alkyl halides is 2. The zero-order chi connectivity index (χ0) is 13.1. The highest BCUT2D eigenvalue weighted by Crippen LogP contribution is 2.36. The highest BCUT2D eigenvalue weighted by molar-refractivity contribution is 6.31. The second-order valence-electron chi connectivity index (χ2n) is 3.35. The number of rotatable bonds is 3. The summed E-state index contributed by atoms with van der Waals surface area (Å²) >= 11 is 5.63. The molecule has 2 rings (SSSR count). The number of halogens is 4. The van der Waals surface area contributed by atoms with Gasteiger partial charge in [0.05, 0.1) is 10.6 Å². The van der Waals surface area contributed by atoms with Crippen LogP contribution in [0.2, 0.25) is 5.02 Å². The molecule has 2 nitrogen and oxygen atoms in total. The molecule has 1 aromatic heterocycles. The van der Waals surface area contributed by atoms with Crippen LogP contribution in [-0.2, 0) is 0 Å². The van der Waals surface area contributed by atoms with E-state index in [1.807, 2.05) is 0 Å². The zero-order valence-corrected chi connectivity index (χ0v) is 9.66. The zero-order valence-electron chi connectivity index (χ0n) is 8.91. The van der Waals surface area contributed by atoms with Gasteiger partial charge in [-0.2, -0.15) is 8.78 Å². The van der Waals surface area contributed by atoms with Crippen LogP contribution in [0.4, 0.5) is 13.2 Å². The van der Waals surface area contributed by atoms with Crippen LogP contribution in [0.3, 0.4) is 0 Å². The van der Waals surface area contributed by atoms with Gasteiger partial charge in [-0.3, -0.25) is 4.98 Å². The summed E-state index contributed by atoms with van der Waals surface area (Å²) in [5.74, 6) is -1.09. The van der Waals surface area contributed by atoms with E-state index in [4.69, 9.17) is 11.6 Å². The molecule has 0 N–H and O–H groups in total. The van der Waals surface area contributed by atoms with E-state index in [9.17, 15) is 13.2 Å². The van der Waals surface area contributed by atoms with Gasteiger partial charge in [-0.15, -0.1) is 0 Å². The van der Waals surface area contributed by atoms with Gasteiger partial charge < -0.3 is 4.74 Å². The van der Waals surface area contributed by atoms with E-state index in [0.717, 1.165) is 6.07 Å². The fraction of sp³-hybridized carbons (Fsp3) is 0.0833. The quantitative estimate of drug-likeness (QED) is 0.838. The summed E-state index contributed by atoms with van der Waals surface area (Å²) < 4.78 is 42.7. The maximum Gasteiger partial charge on any atom is 0.387 e. The summed E-state index contributed by atoms with van der Waals surface area (Å²) in [5, 5.41) is -0.171. The number of aromatic nitrogens is 1.